The molecule has 1 aromatic heterocycles. The smallest absolute Gasteiger partial charge is 0.410 e. The van der Waals surface area contributed by atoms with E-state index in [1.165, 1.54) is 70.3 Å². The van der Waals surface area contributed by atoms with Crippen LogP contribution in [0, 0.1) is 0 Å². The Morgan fingerprint density at radius 3 is 2.24 bits per heavy atom. The number of nitrogens with one attached hydrogen (secondary N) is 1. The van der Waals surface area contributed by atoms with Crippen LogP contribution in [0.5, 0.6) is 0 Å². The summed E-state index contributed by atoms with van der Waals surface area (Å²) in [5, 5.41) is 0. The zero-order chi connectivity index (χ0) is 34.0. The first-order valence-electron chi connectivity index (χ1n) is 18.7. The van der Waals surface area contributed by atoms with E-state index in [-0.39, 0.29) is 12.1 Å². The molecule has 2 bridgehead atoms. The number of carbonyl (C=O) groups excluding carboxylic acids is 1. The number of rotatable bonds is 6. The third kappa shape index (κ3) is 5.46. The highest BCUT2D eigenvalue weighted by Crippen LogP contribution is 2.59. The van der Waals surface area contributed by atoms with Crippen LogP contribution in [-0.4, -0.2) is 44.9 Å². The summed E-state index contributed by atoms with van der Waals surface area (Å²) in [6, 6.07) is 25.4. The molecule has 7 heteroatoms. The number of allylic oxidation sites excluding steroid dienone is 1. The number of para-hydroxylation sites is 1. The standard InChI is InChI=1S/C43H47N5O2/c1-43(2,3)50-42(49)47-23-9-14-36(47)34-24-30(25-44-34)33-20-19-32(39-37-21-22-38(40(33)39)48(37)31-12-5-4-6-13-31)27-15-17-28(18-16-27)35-26-45-41(46-35)29-10-7-8-11-29/h4-6,12-13,15-20,25-26,29,36-38H,7-11,14,21-24H2,1-3H3,(H,45,46)/t36-,37?,38?/m0/s1. The molecular formula is C43H47N5O2. The summed E-state index contributed by atoms with van der Waals surface area (Å²) in [6.45, 7) is 6.51. The van der Waals surface area contributed by atoms with Gasteiger partial charge < -0.3 is 14.6 Å². The van der Waals surface area contributed by atoms with Crippen LogP contribution in [0.2, 0.25) is 0 Å². The van der Waals surface area contributed by atoms with Crippen molar-refractivity contribution in [1.29, 1.82) is 0 Å². The van der Waals surface area contributed by atoms with Crippen LogP contribution in [0.1, 0.15) is 119 Å². The van der Waals surface area contributed by atoms with Crippen LogP contribution in [0.4, 0.5) is 10.5 Å². The lowest BCUT2D eigenvalue weighted by atomic mass is 9.81. The summed E-state index contributed by atoms with van der Waals surface area (Å²) < 4.78 is 5.78. The van der Waals surface area contributed by atoms with E-state index in [4.69, 9.17) is 14.7 Å². The molecule has 5 heterocycles. The molecule has 50 heavy (non-hydrogen) atoms. The van der Waals surface area contributed by atoms with Gasteiger partial charge >= 0.3 is 6.09 Å². The molecule has 2 saturated heterocycles. The molecule has 3 atom stereocenters. The van der Waals surface area contributed by atoms with Crippen molar-refractivity contribution in [2.45, 2.75) is 108 Å². The van der Waals surface area contributed by atoms with E-state index in [1.807, 2.05) is 31.9 Å². The number of anilines is 1. The number of hydrogen-bond acceptors (Lipinski definition) is 5. The summed E-state index contributed by atoms with van der Waals surface area (Å²) in [4.78, 5) is 31.1. The van der Waals surface area contributed by atoms with Crippen molar-refractivity contribution >= 4 is 23.1 Å². The van der Waals surface area contributed by atoms with E-state index < -0.39 is 5.60 Å². The summed E-state index contributed by atoms with van der Waals surface area (Å²) in [5.41, 5.74) is 12.2. The maximum absolute atomic E-state index is 13.1. The Morgan fingerprint density at radius 1 is 0.800 bits per heavy atom. The second-order valence-corrected chi connectivity index (χ2v) is 15.9. The van der Waals surface area contributed by atoms with Crippen LogP contribution in [0.25, 0.3) is 28.0 Å². The minimum absolute atomic E-state index is 0.00850. The Bertz CT molecular complexity index is 1980. The third-order valence-electron chi connectivity index (χ3n) is 11.6. The van der Waals surface area contributed by atoms with Gasteiger partial charge in [-0.15, -0.1) is 0 Å². The first-order chi connectivity index (χ1) is 24.3. The average Bonchev–Trinajstić information content (AvgIpc) is 3.96. The summed E-state index contributed by atoms with van der Waals surface area (Å²) >= 11 is 0. The van der Waals surface area contributed by atoms with E-state index in [1.54, 1.807) is 0 Å². The van der Waals surface area contributed by atoms with Crippen molar-refractivity contribution in [2.24, 2.45) is 4.99 Å². The van der Waals surface area contributed by atoms with E-state index in [0.29, 0.717) is 24.5 Å². The summed E-state index contributed by atoms with van der Waals surface area (Å²) in [6.07, 6.45) is 13.9. The number of likely N-dealkylation sites (tertiary alicyclic amines) is 1. The van der Waals surface area contributed by atoms with Gasteiger partial charge in [-0.05, 0) is 110 Å². The average molecular weight is 666 g/mol. The predicted molar refractivity (Wildman–Crippen MR) is 200 cm³/mol. The van der Waals surface area contributed by atoms with Crippen molar-refractivity contribution in [3.63, 3.8) is 0 Å². The van der Waals surface area contributed by atoms with Crippen LogP contribution in [0.15, 0.2) is 84.1 Å². The number of aromatic amines is 1. The maximum Gasteiger partial charge on any atom is 0.410 e. The number of amides is 1. The molecule has 4 aromatic rings. The highest BCUT2D eigenvalue weighted by Gasteiger charge is 2.47. The SMILES string of the molecule is CC(C)(C)OC(=O)N1CCC[C@H]1C1=NC=C(c2ccc(-c3ccc(-c4cnc(C5CCCC5)[nH]4)cc3)c3c2C2CCC3N2c2ccccc2)C1. The van der Waals surface area contributed by atoms with Crippen LogP contribution < -0.4 is 4.90 Å². The van der Waals surface area contributed by atoms with Gasteiger partial charge in [-0.25, -0.2) is 9.78 Å². The fraction of sp³-hybridized carbons (Fsp3) is 0.419. The highest BCUT2D eigenvalue weighted by atomic mass is 16.6. The topological polar surface area (TPSA) is 73.8 Å². The lowest BCUT2D eigenvalue weighted by molar-refractivity contribution is 0.0265. The quantitative estimate of drug-likeness (QED) is 0.222. The molecule has 9 rings (SSSR count). The largest absolute Gasteiger partial charge is 0.444 e. The zero-order valence-corrected chi connectivity index (χ0v) is 29.5. The molecule has 1 aliphatic carbocycles. The molecule has 2 unspecified atom stereocenters. The number of H-pyrrole nitrogens is 1. The number of fused-ring (bicyclic) bond motifs is 5. The normalized spacial score (nSPS) is 23.1. The number of imidazole rings is 1. The lowest BCUT2D eigenvalue weighted by Gasteiger charge is -2.29. The van der Waals surface area contributed by atoms with E-state index in [2.05, 4.69) is 82.8 Å². The van der Waals surface area contributed by atoms with Crippen molar-refractivity contribution in [3.8, 4) is 22.4 Å². The van der Waals surface area contributed by atoms with E-state index in [0.717, 1.165) is 49.3 Å². The molecule has 3 fully saturated rings. The molecule has 0 radical (unpaired) electrons. The van der Waals surface area contributed by atoms with Gasteiger partial charge in [0, 0.05) is 36.5 Å². The van der Waals surface area contributed by atoms with Gasteiger partial charge in [-0.3, -0.25) is 9.89 Å². The maximum atomic E-state index is 13.1. The number of benzene rings is 3. The predicted octanol–water partition coefficient (Wildman–Crippen LogP) is 10.4. The van der Waals surface area contributed by atoms with Crippen LogP contribution in [0.3, 0.4) is 0 Å². The van der Waals surface area contributed by atoms with E-state index in [9.17, 15) is 4.79 Å². The number of ether oxygens (including phenoxy) is 1. The number of hydrogen-bond donors (Lipinski definition) is 1. The Hall–Kier alpha value is -4.65. The Balaban J connectivity index is 1.03. The minimum Gasteiger partial charge on any atom is -0.444 e. The van der Waals surface area contributed by atoms with Gasteiger partial charge in [0.2, 0.25) is 0 Å². The van der Waals surface area contributed by atoms with Crippen LogP contribution >= 0.6 is 0 Å². The third-order valence-corrected chi connectivity index (χ3v) is 11.6. The van der Waals surface area contributed by atoms with Gasteiger partial charge in [0.15, 0.2) is 0 Å². The van der Waals surface area contributed by atoms with Crippen molar-refractivity contribution < 1.29 is 9.53 Å². The second-order valence-electron chi connectivity index (χ2n) is 15.9. The number of nitrogens with zero attached hydrogens (tertiary/aromatic N) is 4. The minimum atomic E-state index is -0.519. The van der Waals surface area contributed by atoms with Gasteiger partial charge in [0.25, 0.3) is 0 Å². The Kier molecular flexibility index (Phi) is 7.70. The van der Waals surface area contributed by atoms with Crippen molar-refractivity contribution in [3.05, 3.63) is 102 Å². The van der Waals surface area contributed by atoms with E-state index >= 15 is 0 Å². The molecule has 1 amide bonds. The Labute approximate surface area is 295 Å². The highest BCUT2D eigenvalue weighted by molar-refractivity contribution is 6.03. The van der Waals surface area contributed by atoms with Crippen molar-refractivity contribution in [2.75, 3.05) is 11.4 Å². The number of carbonyl (C=O) groups is 1. The van der Waals surface area contributed by atoms with Gasteiger partial charge in [0.1, 0.15) is 11.4 Å². The monoisotopic (exact) mass is 665 g/mol. The first kappa shape index (κ1) is 31.3. The summed E-state index contributed by atoms with van der Waals surface area (Å²) in [7, 11) is 0. The second kappa shape index (κ2) is 12.3. The van der Waals surface area contributed by atoms with Gasteiger partial charge in [0.05, 0.1) is 30.0 Å². The molecule has 1 N–H and O–H groups in total. The molecular weight excluding hydrogens is 619 g/mol. The number of aromatic nitrogens is 2. The Morgan fingerprint density at radius 2 is 1.50 bits per heavy atom. The molecule has 4 aliphatic heterocycles. The van der Waals surface area contributed by atoms with Gasteiger partial charge in [-0.2, -0.15) is 0 Å². The fourth-order valence-electron chi connectivity index (χ4n) is 9.41. The number of aliphatic imine (C=N–C) groups is 1. The van der Waals surface area contributed by atoms with Crippen molar-refractivity contribution in [1.82, 2.24) is 14.9 Å². The lowest BCUT2D eigenvalue weighted by Crippen LogP contribution is -2.43. The fourth-order valence-corrected chi connectivity index (χ4v) is 9.41. The molecule has 1 saturated carbocycles. The zero-order valence-electron chi connectivity index (χ0n) is 29.5. The van der Waals surface area contributed by atoms with Gasteiger partial charge in [-0.1, -0.05) is 67.4 Å². The molecule has 7 nitrogen and oxygen atoms in total. The molecule has 3 aromatic carbocycles. The summed E-state index contributed by atoms with van der Waals surface area (Å²) in [5.74, 6) is 1.72. The molecule has 256 valence electrons. The molecule has 5 aliphatic rings. The first-order valence-corrected chi connectivity index (χ1v) is 18.7. The molecule has 0 spiro atoms. The van der Waals surface area contributed by atoms with Crippen LogP contribution in [-0.2, 0) is 4.74 Å².